The van der Waals surface area contributed by atoms with E-state index in [1.54, 1.807) is 7.11 Å². The van der Waals surface area contributed by atoms with Crippen molar-refractivity contribution in [3.8, 4) is 11.3 Å². The van der Waals surface area contributed by atoms with Crippen LogP contribution in [0.5, 0.6) is 0 Å². The van der Waals surface area contributed by atoms with Crippen LogP contribution < -0.4 is 5.32 Å². The largest absolute Gasteiger partial charge is 0.383 e. The lowest BCUT2D eigenvalue weighted by Crippen LogP contribution is -2.40. The van der Waals surface area contributed by atoms with E-state index in [-0.39, 0.29) is 12.0 Å². The molecule has 1 aliphatic heterocycles. The minimum absolute atomic E-state index is 0.0579. The Labute approximate surface area is 179 Å². The molecular formula is C24H33N3O3. The second-order valence-corrected chi connectivity index (χ2v) is 7.68. The summed E-state index contributed by atoms with van der Waals surface area (Å²) in [4.78, 5) is 19.2. The molecule has 1 aromatic heterocycles. The fourth-order valence-corrected chi connectivity index (χ4v) is 3.56. The van der Waals surface area contributed by atoms with Crippen LogP contribution in [0.1, 0.15) is 37.3 Å². The van der Waals surface area contributed by atoms with Crippen molar-refractivity contribution in [1.29, 1.82) is 0 Å². The van der Waals surface area contributed by atoms with Gasteiger partial charge in [0.05, 0.1) is 12.3 Å². The Morgan fingerprint density at radius 3 is 2.67 bits per heavy atom. The minimum atomic E-state index is -0.310. The number of aromatic nitrogens is 1. The number of pyridine rings is 1. The molecule has 1 atom stereocenters. The van der Waals surface area contributed by atoms with Crippen LogP contribution in [0.3, 0.4) is 0 Å². The molecule has 0 saturated carbocycles. The van der Waals surface area contributed by atoms with Crippen molar-refractivity contribution in [3.63, 3.8) is 0 Å². The number of carbonyl (C=O) groups excluding carboxylic acids is 1. The molecule has 6 heteroatoms. The zero-order valence-electron chi connectivity index (χ0n) is 18.1. The fourth-order valence-electron chi connectivity index (χ4n) is 3.56. The monoisotopic (exact) mass is 411 g/mol. The summed E-state index contributed by atoms with van der Waals surface area (Å²) >= 11 is 0. The molecule has 3 rings (SSSR count). The zero-order chi connectivity index (χ0) is 21.2. The summed E-state index contributed by atoms with van der Waals surface area (Å²) in [6.07, 6.45) is 4.50. The standard InChI is InChI=1S/C24H33N3O3/c1-3-12-25-16-20-8-11-22(26-17-20)21-9-6-19(7-10-21)18-27(13-15-29-2)24(28)23-5-4-14-30-23/h6-11,17,23,25H,3-5,12-16,18H2,1-2H3/t23-/m1/s1. The van der Waals surface area contributed by atoms with Crippen molar-refractivity contribution in [2.75, 3.05) is 33.4 Å². The summed E-state index contributed by atoms with van der Waals surface area (Å²) < 4.78 is 10.8. The summed E-state index contributed by atoms with van der Waals surface area (Å²) in [6.45, 7) is 6.32. The molecule has 0 aliphatic carbocycles. The highest BCUT2D eigenvalue weighted by molar-refractivity contribution is 5.81. The van der Waals surface area contributed by atoms with Gasteiger partial charge in [-0.1, -0.05) is 37.3 Å². The molecule has 1 aliphatic rings. The van der Waals surface area contributed by atoms with E-state index in [2.05, 4.69) is 53.6 Å². The predicted octanol–water partition coefficient (Wildman–Crippen LogP) is 3.40. The third-order valence-corrected chi connectivity index (χ3v) is 5.29. The molecular weight excluding hydrogens is 378 g/mol. The van der Waals surface area contributed by atoms with Crippen molar-refractivity contribution in [2.45, 2.75) is 45.4 Å². The molecule has 0 unspecified atom stereocenters. The van der Waals surface area contributed by atoms with Crippen LogP contribution in [0.15, 0.2) is 42.6 Å². The maximum absolute atomic E-state index is 12.8. The third-order valence-electron chi connectivity index (χ3n) is 5.29. The zero-order valence-corrected chi connectivity index (χ0v) is 18.1. The van der Waals surface area contributed by atoms with Crippen LogP contribution in [0.4, 0.5) is 0 Å². The van der Waals surface area contributed by atoms with Crippen LogP contribution in [-0.2, 0) is 27.4 Å². The lowest BCUT2D eigenvalue weighted by molar-refractivity contribution is -0.142. The van der Waals surface area contributed by atoms with Gasteiger partial charge in [-0.15, -0.1) is 0 Å². The number of amides is 1. The number of hydrogen-bond acceptors (Lipinski definition) is 5. The number of nitrogens with zero attached hydrogens (tertiary/aromatic N) is 2. The Hall–Kier alpha value is -2.28. The molecule has 0 spiro atoms. The number of hydrogen-bond donors (Lipinski definition) is 1. The predicted molar refractivity (Wildman–Crippen MR) is 118 cm³/mol. The van der Waals surface area contributed by atoms with Gasteiger partial charge in [0.15, 0.2) is 0 Å². The van der Waals surface area contributed by atoms with E-state index in [1.807, 2.05) is 11.1 Å². The molecule has 30 heavy (non-hydrogen) atoms. The number of carbonyl (C=O) groups is 1. The Kier molecular flexibility index (Phi) is 8.81. The first kappa shape index (κ1) is 22.4. The molecule has 1 aromatic carbocycles. The SMILES string of the molecule is CCCNCc1ccc(-c2ccc(CN(CCOC)C(=O)[C@H]3CCCO3)cc2)nc1. The van der Waals surface area contributed by atoms with E-state index in [9.17, 15) is 4.79 Å². The van der Waals surface area contributed by atoms with E-state index in [1.165, 1.54) is 5.56 Å². The van der Waals surface area contributed by atoms with Gasteiger partial charge < -0.3 is 19.7 Å². The van der Waals surface area contributed by atoms with Crippen molar-refractivity contribution in [3.05, 3.63) is 53.7 Å². The highest BCUT2D eigenvalue weighted by Crippen LogP contribution is 2.20. The molecule has 1 saturated heterocycles. The topological polar surface area (TPSA) is 63.7 Å². The van der Waals surface area contributed by atoms with E-state index >= 15 is 0 Å². The summed E-state index contributed by atoms with van der Waals surface area (Å²) in [5, 5.41) is 3.39. The van der Waals surface area contributed by atoms with Crippen molar-refractivity contribution in [2.24, 2.45) is 0 Å². The van der Waals surface area contributed by atoms with Crippen LogP contribution in [0, 0.1) is 0 Å². The van der Waals surface area contributed by atoms with Gasteiger partial charge in [-0.25, -0.2) is 0 Å². The third kappa shape index (κ3) is 6.36. The lowest BCUT2D eigenvalue weighted by atomic mass is 10.1. The average molecular weight is 412 g/mol. The van der Waals surface area contributed by atoms with Crippen LogP contribution in [-0.4, -0.2) is 55.3 Å². The average Bonchev–Trinajstić information content (AvgIpc) is 3.32. The van der Waals surface area contributed by atoms with Gasteiger partial charge in [0, 0.05) is 45.1 Å². The Balaban J connectivity index is 1.62. The van der Waals surface area contributed by atoms with Crippen LogP contribution >= 0.6 is 0 Å². The number of rotatable bonds is 11. The first-order chi connectivity index (χ1) is 14.7. The normalized spacial score (nSPS) is 16.0. The van der Waals surface area contributed by atoms with Gasteiger partial charge in [-0.3, -0.25) is 9.78 Å². The minimum Gasteiger partial charge on any atom is -0.383 e. The van der Waals surface area contributed by atoms with Crippen LogP contribution in [0.2, 0.25) is 0 Å². The maximum atomic E-state index is 12.8. The highest BCUT2D eigenvalue weighted by atomic mass is 16.5. The van der Waals surface area contributed by atoms with Gasteiger partial charge in [0.1, 0.15) is 6.10 Å². The second-order valence-electron chi connectivity index (χ2n) is 7.68. The smallest absolute Gasteiger partial charge is 0.252 e. The molecule has 1 amide bonds. The Morgan fingerprint density at radius 2 is 2.03 bits per heavy atom. The number of ether oxygens (including phenoxy) is 2. The molecule has 6 nitrogen and oxygen atoms in total. The quantitative estimate of drug-likeness (QED) is 0.574. The lowest BCUT2D eigenvalue weighted by Gasteiger charge is -2.25. The van der Waals surface area contributed by atoms with Gasteiger partial charge in [-0.05, 0) is 43.0 Å². The van der Waals surface area contributed by atoms with Crippen LogP contribution in [0.25, 0.3) is 11.3 Å². The van der Waals surface area contributed by atoms with Gasteiger partial charge in [-0.2, -0.15) is 0 Å². The van der Waals surface area contributed by atoms with E-state index in [0.717, 1.165) is 49.2 Å². The summed E-state index contributed by atoms with van der Waals surface area (Å²) in [5.41, 5.74) is 4.29. The summed E-state index contributed by atoms with van der Waals surface area (Å²) in [7, 11) is 1.65. The summed E-state index contributed by atoms with van der Waals surface area (Å²) in [6, 6.07) is 12.4. The highest BCUT2D eigenvalue weighted by Gasteiger charge is 2.28. The van der Waals surface area contributed by atoms with Gasteiger partial charge >= 0.3 is 0 Å². The van der Waals surface area contributed by atoms with Crippen molar-refractivity contribution in [1.82, 2.24) is 15.2 Å². The number of benzene rings is 1. The van der Waals surface area contributed by atoms with E-state index in [4.69, 9.17) is 9.47 Å². The fraction of sp³-hybridized carbons (Fsp3) is 0.500. The van der Waals surface area contributed by atoms with E-state index < -0.39 is 0 Å². The van der Waals surface area contributed by atoms with E-state index in [0.29, 0.717) is 26.3 Å². The van der Waals surface area contributed by atoms with Gasteiger partial charge in [0.25, 0.3) is 5.91 Å². The summed E-state index contributed by atoms with van der Waals surface area (Å²) in [5.74, 6) is 0.0579. The Morgan fingerprint density at radius 1 is 1.23 bits per heavy atom. The number of nitrogens with one attached hydrogen (secondary N) is 1. The van der Waals surface area contributed by atoms with Gasteiger partial charge in [0.2, 0.25) is 0 Å². The molecule has 162 valence electrons. The second kappa shape index (κ2) is 11.8. The molecule has 1 fully saturated rings. The van der Waals surface area contributed by atoms with Crippen molar-refractivity contribution >= 4 is 5.91 Å². The molecule has 0 radical (unpaired) electrons. The molecule has 0 bridgehead atoms. The Bertz CT molecular complexity index is 771. The first-order valence-electron chi connectivity index (χ1n) is 10.9. The maximum Gasteiger partial charge on any atom is 0.252 e. The van der Waals surface area contributed by atoms with Crippen molar-refractivity contribution < 1.29 is 14.3 Å². The molecule has 1 N–H and O–H groups in total. The first-order valence-corrected chi connectivity index (χ1v) is 10.9. The number of methoxy groups -OCH3 is 1. The molecule has 2 aromatic rings. The molecule has 2 heterocycles.